The molecule has 2 saturated heterocycles. The van der Waals surface area contributed by atoms with Crippen LogP contribution in [-0.2, 0) is 27.8 Å². The topological polar surface area (TPSA) is 88.6 Å². The SMILES string of the molecule is COc1ccc(S(=O)(=O)N2CCCCC2)cc1CCC(=O)N1CCN(Cc2ccc3c(c2)OCO3)CC1. The fraction of sp³-hybridized carbons (Fsp3) is 0.519. The monoisotopic (exact) mass is 529 g/mol. The molecule has 3 aliphatic heterocycles. The van der Waals surface area contributed by atoms with Crippen LogP contribution < -0.4 is 14.2 Å². The van der Waals surface area contributed by atoms with Gasteiger partial charge in [-0.2, -0.15) is 4.31 Å². The number of carbonyl (C=O) groups excluding carboxylic acids is 1. The molecule has 9 nitrogen and oxygen atoms in total. The number of ether oxygens (including phenoxy) is 3. The van der Waals surface area contributed by atoms with Gasteiger partial charge < -0.3 is 19.1 Å². The second-order valence-corrected chi connectivity index (χ2v) is 11.7. The van der Waals surface area contributed by atoms with Crippen molar-refractivity contribution in [3.63, 3.8) is 0 Å². The summed E-state index contributed by atoms with van der Waals surface area (Å²) in [5.74, 6) is 2.26. The van der Waals surface area contributed by atoms with Gasteiger partial charge in [0.1, 0.15) is 5.75 Å². The second-order valence-electron chi connectivity index (χ2n) is 9.78. The van der Waals surface area contributed by atoms with Crippen LogP contribution in [0.25, 0.3) is 0 Å². The van der Waals surface area contributed by atoms with Gasteiger partial charge in [0.2, 0.25) is 22.7 Å². The van der Waals surface area contributed by atoms with Gasteiger partial charge in [0.05, 0.1) is 12.0 Å². The Hall–Kier alpha value is -2.82. The molecule has 2 fully saturated rings. The number of hydrogen-bond donors (Lipinski definition) is 0. The van der Waals surface area contributed by atoms with Crippen molar-refractivity contribution in [3.05, 3.63) is 47.5 Å². The van der Waals surface area contributed by atoms with Crippen molar-refractivity contribution in [2.75, 3.05) is 53.2 Å². The van der Waals surface area contributed by atoms with Crippen molar-refractivity contribution in [1.82, 2.24) is 14.1 Å². The van der Waals surface area contributed by atoms with E-state index < -0.39 is 10.0 Å². The average molecular weight is 530 g/mol. The molecule has 10 heteroatoms. The molecule has 0 atom stereocenters. The average Bonchev–Trinajstić information content (AvgIpc) is 3.40. The second kappa shape index (κ2) is 11.3. The maximum atomic E-state index is 13.1. The number of fused-ring (bicyclic) bond motifs is 1. The van der Waals surface area contributed by atoms with E-state index in [1.807, 2.05) is 17.0 Å². The number of piperidine rings is 1. The number of piperazine rings is 1. The van der Waals surface area contributed by atoms with Crippen LogP contribution in [0.15, 0.2) is 41.3 Å². The van der Waals surface area contributed by atoms with E-state index in [4.69, 9.17) is 14.2 Å². The van der Waals surface area contributed by atoms with Crippen LogP contribution in [0.4, 0.5) is 0 Å². The molecule has 3 aliphatic rings. The normalized spacial score (nSPS) is 18.7. The third kappa shape index (κ3) is 5.86. The van der Waals surface area contributed by atoms with E-state index in [0.717, 1.165) is 61.5 Å². The lowest BCUT2D eigenvalue weighted by Crippen LogP contribution is -2.48. The van der Waals surface area contributed by atoms with E-state index in [2.05, 4.69) is 11.0 Å². The van der Waals surface area contributed by atoms with Crippen molar-refractivity contribution in [2.24, 2.45) is 0 Å². The summed E-state index contributed by atoms with van der Waals surface area (Å²) in [5, 5.41) is 0. The van der Waals surface area contributed by atoms with E-state index in [1.54, 1.807) is 29.6 Å². The first kappa shape index (κ1) is 25.8. The number of methoxy groups -OCH3 is 1. The van der Waals surface area contributed by atoms with Crippen LogP contribution in [0.5, 0.6) is 17.2 Å². The van der Waals surface area contributed by atoms with Crippen LogP contribution >= 0.6 is 0 Å². The third-order valence-electron chi connectivity index (χ3n) is 7.38. The predicted octanol–water partition coefficient (Wildman–Crippen LogP) is 2.88. The zero-order chi connectivity index (χ0) is 25.8. The molecule has 0 unspecified atom stereocenters. The molecule has 0 aliphatic carbocycles. The van der Waals surface area contributed by atoms with E-state index in [0.29, 0.717) is 44.8 Å². The Morgan fingerprint density at radius 2 is 1.68 bits per heavy atom. The summed E-state index contributed by atoms with van der Waals surface area (Å²) in [5.41, 5.74) is 1.91. The fourth-order valence-corrected chi connectivity index (χ4v) is 6.79. The molecule has 0 spiro atoms. The molecule has 0 N–H and O–H groups in total. The first-order valence-corrected chi connectivity index (χ1v) is 14.4. The number of sulfonamides is 1. The van der Waals surface area contributed by atoms with Crippen molar-refractivity contribution >= 4 is 15.9 Å². The highest BCUT2D eigenvalue weighted by atomic mass is 32.2. The van der Waals surface area contributed by atoms with E-state index in [-0.39, 0.29) is 17.6 Å². The van der Waals surface area contributed by atoms with Crippen LogP contribution in [-0.4, -0.2) is 81.6 Å². The molecule has 200 valence electrons. The number of aryl methyl sites for hydroxylation is 1. The van der Waals surface area contributed by atoms with Crippen LogP contribution in [0, 0.1) is 0 Å². The Labute approximate surface area is 218 Å². The predicted molar refractivity (Wildman–Crippen MR) is 138 cm³/mol. The molecule has 0 radical (unpaired) electrons. The van der Waals surface area contributed by atoms with Crippen molar-refractivity contribution in [3.8, 4) is 17.2 Å². The Morgan fingerprint density at radius 3 is 2.43 bits per heavy atom. The van der Waals surface area contributed by atoms with Gasteiger partial charge in [0.15, 0.2) is 11.5 Å². The highest BCUT2D eigenvalue weighted by Gasteiger charge is 2.27. The maximum Gasteiger partial charge on any atom is 0.243 e. The van der Waals surface area contributed by atoms with Crippen LogP contribution in [0.1, 0.15) is 36.8 Å². The number of rotatable bonds is 8. The van der Waals surface area contributed by atoms with Gasteiger partial charge in [-0.3, -0.25) is 9.69 Å². The summed E-state index contributed by atoms with van der Waals surface area (Å²) in [6, 6.07) is 11.0. The number of carbonyl (C=O) groups is 1. The van der Waals surface area contributed by atoms with Gasteiger partial charge in [-0.1, -0.05) is 12.5 Å². The van der Waals surface area contributed by atoms with E-state index in [1.165, 1.54) is 0 Å². The smallest absolute Gasteiger partial charge is 0.243 e. The van der Waals surface area contributed by atoms with Crippen LogP contribution in [0.3, 0.4) is 0 Å². The Kier molecular flexibility index (Phi) is 7.87. The summed E-state index contributed by atoms with van der Waals surface area (Å²) in [4.78, 5) is 17.5. The van der Waals surface area contributed by atoms with Gasteiger partial charge in [-0.15, -0.1) is 0 Å². The van der Waals surface area contributed by atoms with Crippen molar-refractivity contribution in [2.45, 2.75) is 43.5 Å². The Morgan fingerprint density at radius 1 is 0.919 bits per heavy atom. The van der Waals surface area contributed by atoms with Gasteiger partial charge in [0.25, 0.3) is 0 Å². The molecule has 2 aromatic rings. The summed E-state index contributed by atoms with van der Waals surface area (Å²) < 4.78 is 44.2. The highest BCUT2D eigenvalue weighted by molar-refractivity contribution is 7.89. The quantitative estimate of drug-likeness (QED) is 0.520. The molecule has 2 aromatic carbocycles. The minimum absolute atomic E-state index is 0.0778. The number of nitrogens with zero attached hydrogens (tertiary/aromatic N) is 3. The summed E-state index contributed by atoms with van der Waals surface area (Å²) in [6.45, 7) is 5.12. The molecular formula is C27H35N3O6S. The van der Waals surface area contributed by atoms with E-state index >= 15 is 0 Å². The van der Waals surface area contributed by atoms with Crippen LogP contribution in [0.2, 0.25) is 0 Å². The van der Waals surface area contributed by atoms with Crippen molar-refractivity contribution in [1.29, 1.82) is 0 Å². The number of amides is 1. The highest BCUT2D eigenvalue weighted by Crippen LogP contribution is 2.33. The third-order valence-corrected chi connectivity index (χ3v) is 9.28. The minimum atomic E-state index is -3.54. The largest absolute Gasteiger partial charge is 0.496 e. The number of hydrogen-bond acceptors (Lipinski definition) is 7. The van der Waals surface area contributed by atoms with E-state index in [9.17, 15) is 13.2 Å². The molecule has 37 heavy (non-hydrogen) atoms. The molecule has 0 aromatic heterocycles. The standard InChI is InChI=1S/C27H35N3O6S/c1-34-24-9-7-23(37(32,33)30-11-3-2-4-12-30)18-22(24)6-10-27(31)29-15-13-28(14-16-29)19-21-5-8-25-26(17-21)36-20-35-25/h5,7-9,17-18H,2-4,6,10-16,19-20H2,1H3. The molecule has 3 heterocycles. The fourth-order valence-electron chi connectivity index (χ4n) is 5.22. The molecule has 1 amide bonds. The van der Waals surface area contributed by atoms with Gasteiger partial charge >= 0.3 is 0 Å². The lowest BCUT2D eigenvalue weighted by atomic mass is 10.1. The van der Waals surface area contributed by atoms with Gasteiger partial charge in [0, 0.05) is 52.2 Å². The summed E-state index contributed by atoms with van der Waals surface area (Å²) in [7, 11) is -1.97. The first-order valence-electron chi connectivity index (χ1n) is 13.0. The van der Waals surface area contributed by atoms with Gasteiger partial charge in [-0.05, 0) is 60.7 Å². The Balaban J connectivity index is 1.15. The lowest BCUT2D eigenvalue weighted by molar-refractivity contribution is -0.133. The summed E-state index contributed by atoms with van der Waals surface area (Å²) in [6.07, 6.45) is 3.59. The molecule has 5 rings (SSSR count). The first-order chi connectivity index (χ1) is 17.9. The lowest BCUT2D eigenvalue weighted by Gasteiger charge is -2.35. The zero-order valence-corrected chi connectivity index (χ0v) is 22.2. The summed E-state index contributed by atoms with van der Waals surface area (Å²) >= 11 is 0. The molecule has 0 saturated carbocycles. The molecule has 0 bridgehead atoms. The van der Waals surface area contributed by atoms with Crippen molar-refractivity contribution < 1.29 is 27.4 Å². The molecular weight excluding hydrogens is 494 g/mol. The number of benzene rings is 2. The zero-order valence-electron chi connectivity index (χ0n) is 21.4. The van der Waals surface area contributed by atoms with Gasteiger partial charge in [-0.25, -0.2) is 8.42 Å². The minimum Gasteiger partial charge on any atom is -0.496 e. The maximum absolute atomic E-state index is 13.1. The Bertz CT molecular complexity index is 1220.